The lowest BCUT2D eigenvalue weighted by atomic mass is 9.93. The molecule has 160 valence electrons. The van der Waals surface area contributed by atoms with Crippen LogP contribution in [0.2, 0.25) is 0 Å². The van der Waals surface area contributed by atoms with Crippen molar-refractivity contribution in [2.24, 2.45) is 0 Å². The first-order chi connectivity index (χ1) is 15.5. The molecule has 2 amide bonds. The van der Waals surface area contributed by atoms with E-state index in [1.165, 1.54) is 7.11 Å². The Labute approximate surface area is 185 Å². The molecular weight excluding hydrogens is 406 g/mol. The summed E-state index contributed by atoms with van der Waals surface area (Å²) >= 11 is 0. The van der Waals surface area contributed by atoms with Crippen LogP contribution >= 0.6 is 0 Å². The Bertz CT molecular complexity index is 1230. The fourth-order valence-corrected chi connectivity index (χ4v) is 3.37. The van der Waals surface area contributed by atoms with Gasteiger partial charge in [0.1, 0.15) is 0 Å². The number of hydrogen-bond acceptors (Lipinski definition) is 6. The molecule has 0 atom stereocenters. The van der Waals surface area contributed by atoms with E-state index in [9.17, 15) is 14.7 Å². The number of phenols is 1. The van der Waals surface area contributed by atoms with Gasteiger partial charge in [-0.05, 0) is 53.1 Å². The molecule has 0 saturated heterocycles. The number of imide groups is 1. The molecule has 3 N–H and O–H groups in total. The predicted molar refractivity (Wildman–Crippen MR) is 122 cm³/mol. The summed E-state index contributed by atoms with van der Waals surface area (Å²) in [5.41, 5.74) is 4.00. The van der Waals surface area contributed by atoms with Crippen LogP contribution in [0.3, 0.4) is 0 Å². The van der Waals surface area contributed by atoms with Crippen molar-refractivity contribution < 1.29 is 19.4 Å². The third-order valence-electron chi connectivity index (χ3n) is 5.02. The summed E-state index contributed by atoms with van der Waals surface area (Å²) in [6.45, 7) is 0.374. The molecule has 7 nitrogen and oxygen atoms in total. The molecule has 0 radical (unpaired) electrons. The summed E-state index contributed by atoms with van der Waals surface area (Å²) in [6, 6.07) is 14.2. The Kier molecular flexibility index (Phi) is 5.98. The minimum Gasteiger partial charge on any atom is -0.504 e. The summed E-state index contributed by atoms with van der Waals surface area (Å²) < 4.78 is 5.05. The van der Waals surface area contributed by atoms with Crippen molar-refractivity contribution in [3.63, 3.8) is 0 Å². The number of carbonyl (C=O) groups is 2. The summed E-state index contributed by atoms with van der Waals surface area (Å²) in [4.78, 5) is 28.8. The molecule has 1 aliphatic rings. The second-order valence-corrected chi connectivity index (χ2v) is 7.15. The first-order valence-electron chi connectivity index (χ1n) is 9.93. The highest BCUT2D eigenvalue weighted by Gasteiger charge is 2.27. The van der Waals surface area contributed by atoms with E-state index >= 15 is 0 Å². The van der Waals surface area contributed by atoms with E-state index < -0.39 is 11.8 Å². The quantitative estimate of drug-likeness (QED) is 0.412. The van der Waals surface area contributed by atoms with Crippen molar-refractivity contribution in [1.29, 1.82) is 0 Å². The third-order valence-corrected chi connectivity index (χ3v) is 5.02. The highest BCUT2D eigenvalue weighted by molar-refractivity contribution is 6.31. The summed E-state index contributed by atoms with van der Waals surface area (Å²) in [6.07, 6.45) is 8.86. The molecule has 0 spiro atoms. The topological polar surface area (TPSA) is 101 Å². The SMILES string of the molecule is COc1ccc(CNC=C2C(=O)NC(=O)c3ccc(C=Cc4ccncc4)cc32)cc1O. The van der Waals surface area contributed by atoms with Crippen molar-refractivity contribution in [3.8, 4) is 11.5 Å². The van der Waals surface area contributed by atoms with E-state index in [-0.39, 0.29) is 5.75 Å². The van der Waals surface area contributed by atoms with Gasteiger partial charge in [0, 0.05) is 36.3 Å². The van der Waals surface area contributed by atoms with Crippen LogP contribution in [0.4, 0.5) is 0 Å². The van der Waals surface area contributed by atoms with Crippen molar-refractivity contribution in [2.45, 2.75) is 6.54 Å². The van der Waals surface area contributed by atoms with Crippen LogP contribution in [0.15, 0.2) is 67.1 Å². The average Bonchev–Trinajstić information content (AvgIpc) is 2.80. The molecule has 2 heterocycles. The van der Waals surface area contributed by atoms with E-state index in [1.807, 2.05) is 42.5 Å². The van der Waals surface area contributed by atoms with Gasteiger partial charge in [0.25, 0.3) is 11.8 Å². The van der Waals surface area contributed by atoms with Crippen molar-refractivity contribution in [2.75, 3.05) is 7.11 Å². The van der Waals surface area contributed by atoms with Crippen LogP contribution in [0.1, 0.15) is 32.6 Å². The third kappa shape index (κ3) is 4.52. The predicted octanol–water partition coefficient (Wildman–Crippen LogP) is 3.37. The first kappa shape index (κ1) is 20.9. The van der Waals surface area contributed by atoms with Gasteiger partial charge in [-0.3, -0.25) is 19.9 Å². The number of amides is 2. The van der Waals surface area contributed by atoms with Gasteiger partial charge in [0.05, 0.1) is 12.7 Å². The van der Waals surface area contributed by atoms with E-state index in [0.29, 0.717) is 29.0 Å². The minimum atomic E-state index is -0.470. The number of methoxy groups -OCH3 is 1. The van der Waals surface area contributed by atoms with Gasteiger partial charge >= 0.3 is 0 Å². The Morgan fingerprint density at radius 3 is 2.50 bits per heavy atom. The number of fused-ring (bicyclic) bond motifs is 1. The van der Waals surface area contributed by atoms with E-state index in [4.69, 9.17) is 4.74 Å². The van der Waals surface area contributed by atoms with E-state index in [1.54, 1.807) is 36.8 Å². The zero-order chi connectivity index (χ0) is 22.5. The van der Waals surface area contributed by atoms with Gasteiger partial charge in [0.2, 0.25) is 0 Å². The maximum absolute atomic E-state index is 12.5. The largest absolute Gasteiger partial charge is 0.504 e. The van der Waals surface area contributed by atoms with Crippen molar-refractivity contribution >= 4 is 29.5 Å². The first-order valence-corrected chi connectivity index (χ1v) is 9.93. The number of benzene rings is 2. The molecule has 1 aliphatic heterocycles. The number of aromatic hydroxyl groups is 1. The molecule has 2 aromatic carbocycles. The average molecular weight is 427 g/mol. The number of pyridine rings is 1. The maximum Gasteiger partial charge on any atom is 0.260 e. The van der Waals surface area contributed by atoms with Crippen LogP contribution < -0.4 is 15.4 Å². The lowest BCUT2D eigenvalue weighted by Gasteiger charge is -2.19. The summed E-state index contributed by atoms with van der Waals surface area (Å²) in [5.74, 6) is -0.468. The van der Waals surface area contributed by atoms with E-state index in [0.717, 1.165) is 16.7 Å². The van der Waals surface area contributed by atoms with Gasteiger partial charge in [-0.15, -0.1) is 0 Å². The summed E-state index contributed by atoms with van der Waals surface area (Å²) in [7, 11) is 1.48. The lowest BCUT2D eigenvalue weighted by molar-refractivity contribution is -0.114. The number of phenolic OH excluding ortho intramolecular Hbond substituents is 1. The molecule has 0 saturated carbocycles. The number of hydrogen-bond donors (Lipinski definition) is 3. The highest BCUT2D eigenvalue weighted by atomic mass is 16.5. The Morgan fingerprint density at radius 2 is 1.75 bits per heavy atom. The van der Waals surface area contributed by atoms with Gasteiger partial charge < -0.3 is 15.2 Å². The molecule has 0 fully saturated rings. The van der Waals surface area contributed by atoms with Crippen LogP contribution in [-0.2, 0) is 11.3 Å². The monoisotopic (exact) mass is 427 g/mol. The lowest BCUT2D eigenvalue weighted by Crippen LogP contribution is -2.37. The van der Waals surface area contributed by atoms with Gasteiger partial charge in [-0.25, -0.2) is 0 Å². The molecule has 0 bridgehead atoms. The van der Waals surface area contributed by atoms with Gasteiger partial charge in [0.15, 0.2) is 11.5 Å². The molecule has 7 heteroatoms. The van der Waals surface area contributed by atoms with Crippen molar-refractivity contribution in [1.82, 2.24) is 15.6 Å². The standard InChI is InChI=1S/C25H21N3O4/c1-32-23-7-5-18(13-22(23)29)14-27-15-21-20-12-17(3-2-16-8-10-26-11-9-16)4-6-19(20)24(30)28-25(21)31/h2-13,15,27,29H,14H2,1H3,(H,28,30,31). The number of nitrogens with one attached hydrogen (secondary N) is 2. The molecule has 4 rings (SSSR count). The second kappa shape index (κ2) is 9.18. The van der Waals surface area contributed by atoms with Gasteiger partial charge in [-0.1, -0.05) is 24.3 Å². The molecule has 0 aliphatic carbocycles. The maximum atomic E-state index is 12.5. The minimum absolute atomic E-state index is 0.0384. The Balaban J connectivity index is 1.58. The molecule has 32 heavy (non-hydrogen) atoms. The second-order valence-electron chi connectivity index (χ2n) is 7.15. The fraction of sp³-hybridized carbons (Fsp3) is 0.0800. The van der Waals surface area contributed by atoms with E-state index in [2.05, 4.69) is 15.6 Å². The van der Waals surface area contributed by atoms with Crippen LogP contribution in [0, 0.1) is 0 Å². The highest BCUT2D eigenvalue weighted by Crippen LogP contribution is 2.27. The smallest absolute Gasteiger partial charge is 0.260 e. The number of rotatable bonds is 6. The number of ether oxygens (including phenoxy) is 1. The molecule has 1 aromatic heterocycles. The molecule has 0 unspecified atom stereocenters. The molecular formula is C25H21N3O4. The van der Waals surface area contributed by atoms with Crippen molar-refractivity contribution in [3.05, 3.63) is 94.9 Å². The fourth-order valence-electron chi connectivity index (χ4n) is 3.37. The Morgan fingerprint density at radius 1 is 0.969 bits per heavy atom. The normalized spacial score (nSPS) is 14.3. The number of nitrogens with zero attached hydrogens (tertiary/aromatic N) is 1. The van der Waals surface area contributed by atoms with Crippen LogP contribution in [0.25, 0.3) is 17.7 Å². The number of carbonyl (C=O) groups excluding carboxylic acids is 2. The van der Waals surface area contributed by atoms with Crippen LogP contribution in [-0.4, -0.2) is 29.0 Å². The van der Waals surface area contributed by atoms with Crippen LogP contribution in [0.5, 0.6) is 11.5 Å². The summed E-state index contributed by atoms with van der Waals surface area (Å²) in [5, 5.41) is 15.4. The zero-order valence-corrected chi connectivity index (χ0v) is 17.3. The molecule has 3 aromatic rings. The Hall–Kier alpha value is -4.39. The zero-order valence-electron chi connectivity index (χ0n) is 17.3. The van der Waals surface area contributed by atoms with Gasteiger partial charge in [-0.2, -0.15) is 0 Å². The number of aromatic nitrogens is 1.